The largest absolute Gasteiger partial charge is 0.361 e. The quantitative estimate of drug-likeness (QED) is 0.657. The van der Waals surface area contributed by atoms with Crippen LogP contribution in [0.15, 0.2) is 48.8 Å². The first kappa shape index (κ1) is 11.6. The fourth-order valence-electron chi connectivity index (χ4n) is 2.22. The lowest BCUT2D eigenvalue weighted by Gasteiger charge is -2.03. The van der Waals surface area contributed by atoms with Gasteiger partial charge >= 0.3 is 0 Å². The Bertz CT molecular complexity index is 682. The second kappa shape index (κ2) is 5.02. The number of aromatic amines is 2. The molecule has 1 aromatic carbocycles. The molecule has 1 amide bonds. The molecule has 96 valence electrons. The average molecular weight is 253 g/mol. The van der Waals surface area contributed by atoms with Crippen molar-refractivity contribution < 1.29 is 4.79 Å². The predicted octanol–water partition coefficient (Wildman–Crippen LogP) is 2.47. The Labute approximate surface area is 110 Å². The SMILES string of the molecule is O=C(NCCc1c[nH]c2ccccc12)c1ccc[nH]1. The third kappa shape index (κ3) is 2.38. The van der Waals surface area contributed by atoms with Crippen molar-refractivity contribution in [3.63, 3.8) is 0 Å². The van der Waals surface area contributed by atoms with E-state index >= 15 is 0 Å². The van der Waals surface area contributed by atoms with E-state index in [1.807, 2.05) is 24.4 Å². The third-order valence-electron chi connectivity index (χ3n) is 3.20. The van der Waals surface area contributed by atoms with E-state index in [4.69, 9.17) is 0 Å². The van der Waals surface area contributed by atoms with Crippen molar-refractivity contribution in [1.82, 2.24) is 15.3 Å². The monoisotopic (exact) mass is 253 g/mol. The summed E-state index contributed by atoms with van der Waals surface area (Å²) >= 11 is 0. The van der Waals surface area contributed by atoms with Gasteiger partial charge in [0, 0.05) is 29.8 Å². The Morgan fingerprint density at radius 2 is 2.00 bits per heavy atom. The Kier molecular flexibility index (Phi) is 3.06. The molecule has 0 saturated carbocycles. The maximum absolute atomic E-state index is 11.7. The smallest absolute Gasteiger partial charge is 0.267 e. The molecule has 2 aromatic heterocycles. The van der Waals surface area contributed by atoms with Crippen LogP contribution in [0.5, 0.6) is 0 Å². The summed E-state index contributed by atoms with van der Waals surface area (Å²) in [5, 5.41) is 4.12. The van der Waals surface area contributed by atoms with Gasteiger partial charge in [0.15, 0.2) is 0 Å². The zero-order chi connectivity index (χ0) is 13.1. The Morgan fingerprint density at radius 1 is 1.11 bits per heavy atom. The number of fused-ring (bicyclic) bond motifs is 1. The molecule has 0 saturated heterocycles. The van der Waals surface area contributed by atoms with E-state index in [-0.39, 0.29) is 5.91 Å². The summed E-state index contributed by atoms with van der Waals surface area (Å²) < 4.78 is 0. The fraction of sp³-hybridized carbons (Fsp3) is 0.133. The normalized spacial score (nSPS) is 10.7. The van der Waals surface area contributed by atoms with Gasteiger partial charge in [0.25, 0.3) is 5.91 Å². The maximum atomic E-state index is 11.7. The number of aromatic nitrogens is 2. The minimum Gasteiger partial charge on any atom is -0.361 e. The molecule has 0 atom stereocenters. The van der Waals surface area contributed by atoms with Crippen molar-refractivity contribution in [2.45, 2.75) is 6.42 Å². The number of hydrogen-bond donors (Lipinski definition) is 3. The molecule has 0 aliphatic carbocycles. The van der Waals surface area contributed by atoms with E-state index in [9.17, 15) is 4.79 Å². The summed E-state index contributed by atoms with van der Waals surface area (Å²) in [6.45, 7) is 0.625. The second-order valence-electron chi connectivity index (χ2n) is 4.45. The van der Waals surface area contributed by atoms with Crippen LogP contribution in [0.1, 0.15) is 16.1 Å². The lowest BCUT2D eigenvalue weighted by Crippen LogP contribution is -2.25. The number of amides is 1. The van der Waals surface area contributed by atoms with Crippen LogP contribution in [0.3, 0.4) is 0 Å². The molecule has 19 heavy (non-hydrogen) atoms. The third-order valence-corrected chi connectivity index (χ3v) is 3.20. The molecule has 3 aromatic rings. The fourth-order valence-corrected chi connectivity index (χ4v) is 2.22. The summed E-state index contributed by atoms with van der Waals surface area (Å²) in [6.07, 6.45) is 4.57. The average Bonchev–Trinajstić information content (AvgIpc) is 3.08. The standard InChI is InChI=1S/C15H15N3O/c19-15(14-6-3-8-16-14)17-9-7-11-10-18-13-5-2-1-4-12(11)13/h1-6,8,10,16,18H,7,9H2,(H,17,19). The molecule has 0 spiro atoms. The number of H-pyrrole nitrogens is 2. The van der Waals surface area contributed by atoms with E-state index in [0.29, 0.717) is 12.2 Å². The van der Waals surface area contributed by atoms with Gasteiger partial charge in [0.1, 0.15) is 5.69 Å². The lowest BCUT2D eigenvalue weighted by molar-refractivity contribution is 0.0950. The zero-order valence-corrected chi connectivity index (χ0v) is 10.4. The number of para-hydroxylation sites is 1. The van der Waals surface area contributed by atoms with Gasteiger partial charge in [-0.15, -0.1) is 0 Å². The van der Waals surface area contributed by atoms with Gasteiger partial charge in [-0.05, 0) is 30.2 Å². The number of nitrogens with one attached hydrogen (secondary N) is 3. The van der Waals surface area contributed by atoms with Crippen LogP contribution < -0.4 is 5.32 Å². The predicted molar refractivity (Wildman–Crippen MR) is 75.1 cm³/mol. The van der Waals surface area contributed by atoms with Gasteiger partial charge in [0.05, 0.1) is 0 Å². The highest BCUT2D eigenvalue weighted by molar-refractivity contribution is 5.92. The van der Waals surface area contributed by atoms with Gasteiger partial charge in [-0.2, -0.15) is 0 Å². The number of carbonyl (C=O) groups is 1. The van der Waals surface area contributed by atoms with Crippen molar-refractivity contribution in [1.29, 1.82) is 0 Å². The number of hydrogen-bond acceptors (Lipinski definition) is 1. The summed E-state index contributed by atoms with van der Waals surface area (Å²) in [4.78, 5) is 17.9. The number of rotatable bonds is 4. The molecule has 4 heteroatoms. The highest BCUT2D eigenvalue weighted by Crippen LogP contribution is 2.17. The molecule has 0 aliphatic rings. The topological polar surface area (TPSA) is 60.7 Å². The number of benzene rings is 1. The highest BCUT2D eigenvalue weighted by atomic mass is 16.1. The van der Waals surface area contributed by atoms with Crippen LogP contribution in [-0.2, 0) is 6.42 Å². The molecule has 2 heterocycles. The van der Waals surface area contributed by atoms with Crippen LogP contribution in [0, 0.1) is 0 Å². The van der Waals surface area contributed by atoms with E-state index in [0.717, 1.165) is 11.9 Å². The number of carbonyl (C=O) groups excluding carboxylic acids is 1. The molecule has 3 rings (SSSR count). The maximum Gasteiger partial charge on any atom is 0.267 e. The lowest BCUT2D eigenvalue weighted by atomic mass is 10.1. The molecule has 3 N–H and O–H groups in total. The molecule has 0 unspecified atom stereocenters. The van der Waals surface area contributed by atoms with Crippen molar-refractivity contribution in [3.05, 3.63) is 60.0 Å². The molecule has 0 radical (unpaired) electrons. The molecule has 0 bridgehead atoms. The summed E-state index contributed by atoms with van der Waals surface area (Å²) in [5.41, 5.74) is 2.95. The second-order valence-corrected chi connectivity index (χ2v) is 4.45. The van der Waals surface area contributed by atoms with Crippen LogP contribution >= 0.6 is 0 Å². The van der Waals surface area contributed by atoms with Gasteiger partial charge in [0.2, 0.25) is 0 Å². The zero-order valence-electron chi connectivity index (χ0n) is 10.4. The minimum atomic E-state index is -0.0650. The summed E-state index contributed by atoms with van der Waals surface area (Å²) in [7, 11) is 0. The molecule has 0 aliphatic heterocycles. The first-order valence-electron chi connectivity index (χ1n) is 6.31. The summed E-state index contributed by atoms with van der Waals surface area (Å²) in [6, 6.07) is 11.8. The van der Waals surface area contributed by atoms with Gasteiger partial charge < -0.3 is 15.3 Å². The first-order chi connectivity index (χ1) is 9.34. The Hall–Kier alpha value is -2.49. The van der Waals surface area contributed by atoms with Crippen LogP contribution in [-0.4, -0.2) is 22.4 Å². The van der Waals surface area contributed by atoms with E-state index in [1.54, 1.807) is 12.3 Å². The van der Waals surface area contributed by atoms with E-state index in [2.05, 4.69) is 27.4 Å². The molecular weight excluding hydrogens is 238 g/mol. The minimum absolute atomic E-state index is 0.0650. The first-order valence-corrected chi connectivity index (χ1v) is 6.31. The molecule has 0 fully saturated rings. The van der Waals surface area contributed by atoms with Crippen molar-refractivity contribution in [3.8, 4) is 0 Å². The summed E-state index contributed by atoms with van der Waals surface area (Å²) in [5.74, 6) is -0.0650. The van der Waals surface area contributed by atoms with Gasteiger partial charge in [-0.1, -0.05) is 18.2 Å². The van der Waals surface area contributed by atoms with Crippen LogP contribution in [0.2, 0.25) is 0 Å². The Balaban J connectivity index is 1.62. The van der Waals surface area contributed by atoms with Crippen LogP contribution in [0.25, 0.3) is 10.9 Å². The molecule has 4 nitrogen and oxygen atoms in total. The van der Waals surface area contributed by atoms with Crippen molar-refractivity contribution in [2.75, 3.05) is 6.54 Å². The van der Waals surface area contributed by atoms with Gasteiger partial charge in [-0.3, -0.25) is 4.79 Å². The van der Waals surface area contributed by atoms with Crippen molar-refractivity contribution >= 4 is 16.8 Å². The van der Waals surface area contributed by atoms with E-state index < -0.39 is 0 Å². The van der Waals surface area contributed by atoms with Crippen molar-refractivity contribution in [2.24, 2.45) is 0 Å². The Morgan fingerprint density at radius 3 is 2.84 bits per heavy atom. The molecular formula is C15H15N3O. The van der Waals surface area contributed by atoms with Crippen LogP contribution in [0.4, 0.5) is 0 Å². The highest BCUT2D eigenvalue weighted by Gasteiger charge is 2.06. The van der Waals surface area contributed by atoms with E-state index in [1.165, 1.54) is 10.9 Å². The van der Waals surface area contributed by atoms with Gasteiger partial charge in [-0.25, -0.2) is 0 Å².